The average Bonchev–Trinajstić information content (AvgIpc) is 2.85. The van der Waals surface area contributed by atoms with Gasteiger partial charge >= 0.3 is 0 Å². The van der Waals surface area contributed by atoms with Crippen molar-refractivity contribution in [3.63, 3.8) is 0 Å². The van der Waals surface area contributed by atoms with E-state index >= 15 is 0 Å². The molecule has 4 aromatic rings. The van der Waals surface area contributed by atoms with E-state index in [-0.39, 0.29) is 26.1 Å². The van der Waals surface area contributed by atoms with E-state index in [1.807, 2.05) is 19.9 Å². The third kappa shape index (κ3) is 6.52. The molecule has 11 heteroatoms. The Morgan fingerprint density at radius 1 is 0.658 bits per heavy atom. The van der Waals surface area contributed by atoms with Gasteiger partial charge in [-0.1, -0.05) is 41.4 Å². The van der Waals surface area contributed by atoms with Crippen LogP contribution in [0.4, 0.5) is 17.1 Å². The lowest BCUT2D eigenvalue weighted by Crippen LogP contribution is -2.15. The molecule has 0 heterocycles. The van der Waals surface area contributed by atoms with Crippen LogP contribution in [0.3, 0.4) is 0 Å². The Morgan fingerprint density at radius 3 is 1.87 bits per heavy atom. The van der Waals surface area contributed by atoms with E-state index in [4.69, 9.17) is 11.6 Å². The monoisotopic (exact) mass is 569 g/mol. The van der Waals surface area contributed by atoms with Crippen molar-refractivity contribution >= 4 is 54.6 Å². The van der Waals surface area contributed by atoms with Crippen molar-refractivity contribution in [2.24, 2.45) is 0 Å². The summed E-state index contributed by atoms with van der Waals surface area (Å²) in [6.07, 6.45) is 0. The standard InChI is InChI=1S/C27H24ClN3O5S2/c1-18-6-11-23(12-7-18)38(35,36)31-26-15-8-20(17-25(26)28)27(32)29-21-9-13-24(14-10-21)37(33,34)30-22-5-3-4-19(2)16-22/h3-17,30-31H,1-2H3,(H,29,32). The molecule has 1 amide bonds. The normalized spacial score (nSPS) is 11.6. The van der Waals surface area contributed by atoms with Crippen LogP contribution in [0.15, 0.2) is 101 Å². The molecule has 0 saturated heterocycles. The zero-order valence-corrected chi connectivity index (χ0v) is 22.8. The van der Waals surface area contributed by atoms with Gasteiger partial charge in [0, 0.05) is 16.9 Å². The number of hydrogen-bond donors (Lipinski definition) is 3. The Labute approximate surface area is 226 Å². The number of carbonyl (C=O) groups excluding carboxylic acids is 1. The molecular formula is C27H24ClN3O5S2. The summed E-state index contributed by atoms with van der Waals surface area (Å²) in [7, 11) is -7.67. The summed E-state index contributed by atoms with van der Waals surface area (Å²) >= 11 is 6.26. The third-order valence-corrected chi connectivity index (χ3v) is 8.59. The van der Waals surface area contributed by atoms with E-state index in [1.54, 1.807) is 30.3 Å². The summed E-state index contributed by atoms with van der Waals surface area (Å²) < 4.78 is 55.6. The van der Waals surface area contributed by atoms with Crippen molar-refractivity contribution in [2.75, 3.05) is 14.8 Å². The fourth-order valence-corrected chi connectivity index (χ4v) is 5.92. The van der Waals surface area contributed by atoms with Gasteiger partial charge in [0.15, 0.2) is 0 Å². The molecule has 0 saturated carbocycles. The van der Waals surface area contributed by atoms with Gasteiger partial charge in [0.05, 0.1) is 20.5 Å². The van der Waals surface area contributed by atoms with Gasteiger partial charge in [-0.3, -0.25) is 14.2 Å². The van der Waals surface area contributed by atoms with E-state index in [0.717, 1.165) is 11.1 Å². The summed E-state index contributed by atoms with van der Waals surface area (Å²) in [5, 5.41) is 2.71. The summed E-state index contributed by atoms with van der Waals surface area (Å²) in [6.45, 7) is 3.71. The first-order valence-corrected chi connectivity index (χ1v) is 14.7. The van der Waals surface area contributed by atoms with Crippen LogP contribution >= 0.6 is 11.6 Å². The molecule has 0 atom stereocenters. The molecule has 0 aliphatic rings. The number of benzene rings is 4. The molecule has 0 bridgehead atoms. The highest BCUT2D eigenvalue weighted by Crippen LogP contribution is 2.27. The SMILES string of the molecule is Cc1ccc(S(=O)(=O)Nc2ccc(C(=O)Nc3ccc(S(=O)(=O)Nc4cccc(C)c4)cc3)cc2Cl)cc1. The van der Waals surface area contributed by atoms with Crippen molar-refractivity contribution in [2.45, 2.75) is 23.6 Å². The van der Waals surface area contributed by atoms with Gasteiger partial charge in [-0.15, -0.1) is 0 Å². The highest BCUT2D eigenvalue weighted by atomic mass is 35.5. The minimum absolute atomic E-state index is 0.0327. The Kier molecular flexibility index (Phi) is 7.77. The van der Waals surface area contributed by atoms with Crippen molar-refractivity contribution in [3.8, 4) is 0 Å². The number of amides is 1. The van der Waals surface area contributed by atoms with Crippen LogP contribution in [0.2, 0.25) is 5.02 Å². The number of anilines is 3. The summed E-state index contributed by atoms with van der Waals surface area (Å²) in [5.41, 5.74) is 2.96. The molecule has 3 N–H and O–H groups in total. The molecule has 0 radical (unpaired) electrons. The van der Waals surface area contributed by atoms with Gasteiger partial charge in [0.2, 0.25) is 0 Å². The van der Waals surface area contributed by atoms with Crippen LogP contribution in [0.1, 0.15) is 21.5 Å². The van der Waals surface area contributed by atoms with Gasteiger partial charge in [-0.2, -0.15) is 0 Å². The highest BCUT2D eigenvalue weighted by Gasteiger charge is 2.18. The molecule has 0 aromatic heterocycles. The van der Waals surface area contributed by atoms with Crippen LogP contribution in [0.25, 0.3) is 0 Å². The minimum Gasteiger partial charge on any atom is -0.322 e. The van der Waals surface area contributed by atoms with Gasteiger partial charge in [-0.05, 0) is 86.1 Å². The molecule has 4 rings (SSSR count). The first-order valence-electron chi connectivity index (χ1n) is 11.3. The number of carbonyl (C=O) groups is 1. The Hall–Kier alpha value is -3.86. The van der Waals surface area contributed by atoms with E-state index in [0.29, 0.717) is 11.4 Å². The molecule has 0 unspecified atom stereocenters. The second-order valence-electron chi connectivity index (χ2n) is 8.57. The van der Waals surface area contributed by atoms with Crippen molar-refractivity contribution in [1.82, 2.24) is 0 Å². The number of sulfonamides is 2. The average molecular weight is 570 g/mol. The van der Waals surface area contributed by atoms with E-state index in [9.17, 15) is 21.6 Å². The second-order valence-corrected chi connectivity index (χ2v) is 12.3. The Morgan fingerprint density at radius 2 is 1.26 bits per heavy atom. The third-order valence-electron chi connectivity index (χ3n) is 5.50. The topological polar surface area (TPSA) is 121 Å². The Balaban J connectivity index is 1.43. The maximum Gasteiger partial charge on any atom is 0.261 e. The lowest BCUT2D eigenvalue weighted by Gasteiger charge is -2.12. The van der Waals surface area contributed by atoms with Crippen LogP contribution < -0.4 is 14.8 Å². The van der Waals surface area contributed by atoms with Gasteiger partial charge in [0.1, 0.15) is 0 Å². The smallest absolute Gasteiger partial charge is 0.261 e. The van der Waals surface area contributed by atoms with Gasteiger partial charge < -0.3 is 5.32 Å². The first-order chi connectivity index (χ1) is 17.9. The quantitative estimate of drug-likeness (QED) is 0.247. The molecule has 0 aliphatic heterocycles. The lowest BCUT2D eigenvalue weighted by atomic mass is 10.2. The molecular weight excluding hydrogens is 546 g/mol. The Bertz CT molecular complexity index is 1700. The molecule has 38 heavy (non-hydrogen) atoms. The molecule has 0 fully saturated rings. The minimum atomic E-state index is -3.86. The van der Waals surface area contributed by atoms with Crippen molar-refractivity contribution < 1.29 is 21.6 Å². The van der Waals surface area contributed by atoms with Crippen LogP contribution in [-0.2, 0) is 20.0 Å². The maximum absolute atomic E-state index is 12.7. The molecule has 196 valence electrons. The molecule has 0 spiro atoms. The number of aryl methyl sites for hydroxylation is 2. The van der Waals surface area contributed by atoms with E-state index in [1.165, 1.54) is 54.6 Å². The number of nitrogens with one attached hydrogen (secondary N) is 3. The van der Waals surface area contributed by atoms with Crippen LogP contribution in [0, 0.1) is 13.8 Å². The number of halogens is 1. The fraction of sp³-hybridized carbons (Fsp3) is 0.0741. The zero-order valence-electron chi connectivity index (χ0n) is 20.4. The second kappa shape index (κ2) is 10.9. The highest BCUT2D eigenvalue weighted by molar-refractivity contribution is 7.93. The van der Waals surface area contributed by atoms with E-state index in [2.05, 4.69) is 14.8 Å². The van der Waals surface area contributed by atoms with Gasteiger partial charge in [0.25, 0.3) is 26.0 Å². The molecule has 4 aromatic carbocycles. The summed E-state index contributed by atoms with van der Waals surface area (Å²) in [5.74, 6) is -0.506. The van der Waals surface area contributed by atoms with E-state index < -0.39 is 26.0 Å². The van der Waals surface area contributed by atoms with Crippen molar-refractivity contribution in [1.29, 1.82) is 0 Å². The number of hydrogen-bond acceptors (Lipinski definition) is 5. The maximum atomic E-state index is 12.7. The lowest BCUT2D eigenvalue weighted by molar-refractivity contribution is 0.102. The largest absolute Gasteiger partial charge is 0.322 e. The predicted octanol–water partition coefficient (Wildman–Crippen LogP) is 5.81. The fourth-order valence-electron chi connectivity index (χ4n) is 3.50. The van der Waals surface area contributed by atoms with Crippen molar-refractivity contribution in [3.05, 3.63) is 113 Å². The molecule has 0 aliphatic carbocycles. The summed E-state index contributed by atoms with van der Waals surface area (Å²) in [4.78, 5) is 12.8. The summed E-state index contributed by atoms with van der Waals surface area (Å²) in [6, 6.07) is 23.2. The first kappa shape index (κ1) is 27.2. The van der Waals surface area contributed by atoms with Crippen LogP contribution in [-0.4, -0.2) is 22.7 Å². The predicted molar refractivity (Wildman–Crippen MR) is 150 cm³/mol. The van der Waals surface area contributed by atoms with Crippen LogP contribution in [0.5, 0.6) is 0 Å². The molecule has 8 nitrogen and oxygen atoms in total. The number of rotatable bonds is 8. The zero-order chi connectivity index (χ0) is 27.5. The van der Waals surface area contributed by atoms with Gasteiger partial charge in [-0.25, -0.2) is 16.8 Å².